The Kier molecular flexibility index (Phi) is 11.2. The second kappa shape index (κ2) is 15.1. The van der Waals surface area contributed by atoms with E-state index in [1.807, 2.05) is 32.9 Å². The van der Waals surface area contributed by atoms with Gasteiger partial charge < -0.3 is 25.2 Å². The van der Waals surface area contributed by atoms with Gasteiger partial charge in [-0.05, 0) is 68.3 Å². The number of halogens is 1. The molecule has 0 saturated carbocycles. The van der Waals surface area contributed by atoms with Crippen molar-refractivity contribution in [3.8, 4) is 5.75 Å². The van der Waals surface area contributed by atoms with Gasteiger partial charge in [0, 0.05) is 30.1 Å². The zero-order valence-corrected chi connectivity index (χ0v) is 27.7. The van der Waals surface area contributed by atoms with E-state index in [1.165, 1.54) is 17.0 Å². The number of hydrogen-bond donors (Lipinski definition) is 3. The van der Waals surface area contributed by atoms with Crippen molar-refractivity contribution in [2.24, 2.45) is 4.99 Å². The van der Waals surface area contributed by atoms with Gasteiger partial charge in [0.25, 0.3) is 6.47 Å². The highest BCUT2D eigenvalue weighted by Gasteiger charge is 2.45. The third-order valence-corrected chi connectivity index (χ3v) is 7.83. The summed E-state index contributed by atoms with van der Waals surface area (Å²) in [6, 6.07) is 16.8. The molecule has 12 nitrogen and oxygen atoms in total. The number of piperazine rings is 1. The molecule has 252 valence electrons. The summed E-state index contributed by atoms with van der Waals surface area (Å²) in [4.78, 5) is 67.8. The minimum Gasteiger partial charge on any atom is -0.487 e. The van der Waals surface area contributed by atoms with E-state index >= 15 is 0 Å². The van der Waals surface area contributed by atoms with Crippen LogP contribution in [-0.4, -0.2) is 81.2 Å². The molecule has 48 heavy (non-hydrogen) atoms. The second-order valence-electron chi connectivity index (χ2n) is 12.1. The Balaban J connectivity index is 0.00000167. The van der Waals surface area contributed by atoms with Crippen LogP contribution in [0.4, 0.5) is 4.79 Å². The molecule has 2 atom stereocenters. The Hall–Kier alpha value is -5.23. The lowest BCUT2D eigenvalue weighted by Crippen LogP contribution is -2.55. The number of amides is 3. The van der Waals surface area contributed by atoms with Gasteiger partial charge in [-0.3, -0.25) is 24.3 Å². The average Bonchev–Trinajstić information content (AvgIpc) is 3.44. The zero-order valence-electron chi connectivity index (χ0n) is 27.0. The number of aliphatic imine (C=N–C) groups is 1. The fourth-order valence-electron chi connectivity index (χ4n) is 5.47. The van der Waals surface area contributed by atoms with E-state index < -0.39 is 29.7 Å². The summed E-state index contributed by atoms with van der Waals surface area (Å²) < 4.78 is 6.38. The molecular weight excluding hydrogens is 640 g/mol. The maximum atomic E-state index is 14.5. The minimum absolute atomic E-state index is 0.0589. The fourth-order valence-corrected chi connectivity index (χ4v) is 5.60. The maximum Gasteiger partial charge on any atom is 0.335 e. The highest BCUT2D eigenvalue weighted by atomic mass is 35.5. The summed E-state index contributed by atoms with van der Waals surface area (Å²) in [5, 5.41) is 19.7. The monoisotopic (exact) mass is 676 g/mol. The fraction of sp³-hybridized carbons (Fsp3) is 0.314. The lowest BCUT2D eigenvalue weighted by atomic mass is 9.93. The number of carbonyl (C=O) groups excluding carboxylic acids is 3. The molecule has 3 aromatic rings. The molecule has 0 aliphatic carbocycles. The Morgan fingerprint density at radius 2 is 1.62 bits per heavy atom. The van der Waals surface area contributed by atoms with Crippen LogP contribution in [0.2, 0.25) is 5.02 Å². The van der Waals surface area contributed by atoms with Crippen LogP contribution in [0.25, 0.3) is 0 Å². The summed E-state index contributed by atoms with van der Waals surface area (Å²) in [6.45, 7) is 7.66. The number of carbonyl (C=O) groups is 5. The van der Waals surface area contributed by atoms with Crippen molar-refractivity contribution in [1.82, 2.24) is 15.1 Å². The van der Waals surface area contributed by atoms with Crippen LogP contribution in [0, 0.1) is 0 Å². The van der Waals surface area contributed by atoms with Crippen LogP contribution in [0.15, 0.2) is 71.7 Å². The van der Waals surface area contributed by atoms with Gasteiger partial charge in [0.1, 0.15) is 29.8 Å². The van der Waals surface area contributed by atoms with Crippen molar-refractivity contribution < 1.29 is 38.9 Å². The van der Waals surface area contributed by atoms with Gasteiger partial charge in [0.15, 0.2) is 5.78 Å². The number of urea groups is 1. The van der Waals surface area contributed by atoms with Crippen LogP contribution in [-0.2, 0) is 9.59 Å². The Morgan fingerprint density at radius 3 is 2.19 bits per heavy atom. The van der Waals surface area contributed by atoms with Crippen LogP contribution in [0.5, 0.6) is 5.75 Å². The van der Waals surface area contributed by atoms with Gasteiger partial charge in [-0.25, -0.2) is 9.59 Å². The molecule has 3 amide bonds. The highest BCUT2D eigenvalue weighted by molar-refractivity contribution is 6.30. The predicted octanol–water partition coefficient (Wildman–Crippen LogP) is 5.61. The molecule has 2 aliphatic heterocycles. The number of ketones is 1. The molecule has 0 bridgehead atoms. The number of amidine groups is 1. The van der Waals surface area contributed by atoms with Crippen molar-refractivity contribution in [3.05, 3.63) is 99.6 Å². The first-order valence-electron chi connectivity index (χ1n) is 15.2. The van der Waals surface area contributed by atoms with E-state index in [2.05, 4.69) is 5.32 Å². The first kappa shape index (κ1) is 35.6. The number of benzene rings is 3. The third kappa shape index (κ3) is 8.18. The summed E-state index contributed by atoms with van der Waals surface area (Å²) in [6.07, 6.45) is 0.309. The van der Waals surface area contributed by atoms with Gasteiger partial charge in [-0.2, -0.15) is 0 Å². The summed E-state index contributed by atoms with van der Waals surface area (Å²) >= 11 is 6.23. The number of ether oxygens (including phenoxy) is 1. The van der Waals surface area contributed by atoms with Crippen LogP contribution >= 0.6 is 11.6 Å². The zero-order chi connectivity index (χ0) is 35.2. The molecule has 1 saturated heterocycles. The van der Waals surface area contributed by atoms with E-state index in [1.54, 1.807) is 54.3 Å². The molecule has 1 fully saturated rings. The second-order valence-corrected chi connectivity index (χ2v) is 12.5. The van der Waals surface area contributed by atoms with Crippen molar-refractivity contribution >= 4 is 47.6 Å². The number of Topliss-reactive ketones (excluding diaryl/α,β-unsaturated/α-hetero) is 1. The number of aromatic carboxylic acids is 1. The number of nitrogens with one attached hydrogen (secondary N) is 1. The molecule has 2 heterocycles. The molecule has 2 aliphatic rings. The van der Waals surface area contributed by atoms with Crippen LogP contribution < -0.4 is 10.1 Å². The first-order chi connectivity index (χ1) is 22.8. The Morgan fingerprint density at radius 1 is 1.02 bits per heavy atom. The predicted molar refractivity (Wildman–Crippen MR) is 179 cm³/mol. The van der Waals surface area contributed by atoms with E-state index in [4.69, 9.17) is 31.2 Å². The van der Waals surface area contributed by atoms with E-state index in [-0.39, 0.29) is 30.3 Å². The van der Waals surface area contributed by atoms with Gasteiger partial charge >= 0.3 is 12.0 Å². The third-order valence-electron chi connectivity index (χ3n) is 7.57. The topological polar surface area (TPSA) is 166 Å². The van der Waals surface area contributed by atoms with Crippen molar-refractivity contribution in [3.63, 3.8) is 0 Å². The molecule has 0 spiro atoms. The molecular formula is C35H37ClN4O8. The molecule has 0 aromatic heterocycles. The average molecular weight is 677 g/mol. The van der Waals surface area contributed by atoms with Crippen molar-refractivity contribution in [2.45, 2.75) is 51.8 Å². The lowest BCUT2D eigenvalue weighted by molar-refractivity contribution is -0.124. The highest BCUT2D eigenvalue weighted by Crippen LogP contribution is 2.45. The maximum absolute atomic E-state index is 14.5. The first-order valence-corrected chi connectivity index (χ1v) is 15.6. The standard InChI is InChI=1S/C34H35ClN4O6.CH2O2/c1-5-26(40)23-12-15-25(27(18-23)45-34(2,3)4)31-37-29(20-10-13-24(35)14-11-20)30(21-6-8-22(9-7-21)32(42)43)39(31)33(44)38-17-16-36-28(41)19-38;2-1-3/h6-15,18,29-30H,5,16-17,19H2,1-4H3,(H,36,41)(H,42,43);1H,(H,2,3). The van der Waals surface area contributed by atoms with Crippen molar-refractivity contribution in [2.75, 3.05) is 19.6 Å². The van der Waals surface area contributed by atoms with Crippen molar-refractivity contribution in [1.29, 1.82) is 0 Å². The molecule has 3 N–H and O–H groups in total. The number of rotatable bonds is 7. The van der Waals surface area contributed by atoms with Gasteiger partial charge in [-0.15, -0.1) is 0 Å². The number of carboxylic acids is 1. The van der Waals surface area contributed by atoms with Crippen LogP contribution in [0.1, 0.15) is 83.6 Å². The smallest absolute Gasteiger partial charge is 0.335 e. The summed E-state index contributed by atoms with van der Waals surface area (Å²) in [5.41, 5.74) is 1.83. The molecule has 2 unspecified atom stereocenters. The normalized spacial score (nSPS) is 17.4. The molecule has 0 radical (unpaired) electrons. The number of hydrogen-bond acceptors (Lipinski definition) is 7. The van der Waals surface area contributed by atoms with E-state index in [0.29, 0.717) is 52.8 Å². The van der Waals surface area contributed by atoms with Gasteiger partial charge in [-0.1, -0.05) is 48.9 Å². The molecule has 13 heteroatoms. The van der Waals surface area contributed by atoms with E-state index in [0.717, 1.165) is 5.56 Å². The summed E-state index contributed by atoms with van der Waals surface area (Å²) in [5.74, 6) is -0.726. The lowest BCUT2D eigenvalue weighted by Gasteiger charge is -2.36. The number of nitrogens with zero attached hydrogens (tertiary/aromatic N) is 3. The van der Waals surface area contributed by atoms with E-state index in [9.17, 15) is 24.3 Å². The molecule has 5 rings (SSSR count). The van der Waals surface area contributed by atoms with Crippen LogP contribution in [0.3, 0.4) is 0 Å². The largest absolute Gasteiger partial charge is 0.487 e. The SMILES string of the molecule is CCC(=O)c1ccc(C2=NC(c3ccc(Cl)cc3)C(c3ccc(C(=O)O)cc3)N2C(=O)N2CCNC(=O)C2)c(OC(C)(C)C)c1.O=CO. The minimum atomic E-state index is -1.07. The Labute approximate surface area is 283 Å². The Bertz CT molecular complexity index is 1720. The molecule has 3 aromatic carbocycles. The van der Waals surface area contributed by atoms with Gasteiger partial charge in [0.05, 0.1) is 17.2 Å². The quantitative estimate of drug-likeness (QED) is 0.215. The summed E-state index contributed by atoms with van der Waals surface area (Å²) in [7, 11) is 0. The van der Waals surface area contributed by atoms with Gasteiger partial charge in [0.2, 0.25) is 5.91 Å². The number of carboxylic acid groups (broad SMARTS) is 2.